The van der Waals surface area contributed by atoms with Crippen molar-refractivity contribution in [1.82, 2.24) is 14.2 Å². The molecule has 0 fully saturated rings. The van der Waals surface area contributed by atoms with E-state index in [1.807, 2.05) is 32.0 Å². The molecule has 1 aliphatic heterocycles. The molecular weight excluding hydrogens is 561 g/mol. The number of thiazole rings is 1. The summed E-state index contributed by atoms with van der Waals surface area (Å²) in [7, 11) is -3.60. The second-order valence-electron chi connectivity index (χ2n) is 10.4. The normalized spacial score (nSPS) is 14.2. The molecule has 2 aromatic heterocycles. The zero-order valence-electron chi connectivity index (χ0n) is 23.4. The van der Waals surface area contributed by atoms with Gasteiger partial charge < -0.3 is 5.32 Å². The summed E-state index contributed by atoms with van der Waals surface area (Å²) >= 11 is 3.27. The van der Waals surface area contributed by atoms with E-state index in [1.165, 1.54) is 26.9 Å². The third-order valence-electron chi connectivity index (χ3n) is 7.25. The van der Waals surface area contributed by atoms with Crippen molar-refractivity contribution in [2.45, 2.75) is 64.4 Å². The number of carbonyl (C=O) groups excluding carboxylic acids is 1. The van der Waals surface area contributed by atoms with Crippen LogP contribution < -0.4 is 5.32 Å². The van der Waals surface area contributed by atoms with Crippen LogP contribution in [-0.4, -0.2) is 54.2 Å². The fraction of sp³-hybridized carbons (Fsp3) is 0.400. The molecule has 0 radical (unpaired) electrons. The minimum atomic E-state index is -3.60. The predicted molar refractivity (Wildman–Crippen MR) is 166 cm³/mol. The Morgan fingerprint density at radius 2 is 1.75 bits per heavy atom. The van der Waals surface area contributed by atoms with Crippen molar-refractivity contribution in [3.05, 3.63) is 64.5 Å². The molecule has 40 heavy (non-hydrogen) atoms. The van der Waals surface area contributed by atoms with Crippen molar-refractivity contribution < 1.29 is 13.2 Å². The van der Waals surface area contributed by atoms with Crippen LogP contribution in [0, 0.1) is 0 Å². The summed E-state index contributed by atoms with van der Waals surface area (Å²) in [5, 5.41) is 4.88. The number of aromatic nitrogens is 1. The average molecular weight is 597 g/mol. The van der Waals surface area contributed by atoms with Crippen molar-refractivity contribution in [2.24, 2.45) is 0 Å². The lowest BCUT2D eigenvalue weighted by atomic mass is 10.0. The largest absolute Gasteiger partial charge is 0.313 e. The molecule has 5 rings (SSSR count). The zero-order chi connectivity index (χ0) is 28.4. The van der Waals surface area contributed by atoms with Crippen LogP contribution in [0.15, 0.2) is 53.4 Å². The van der Waals surface area contributed by atoms with Crippen LogP contribution in [0.1, 0.15) is 61.3 Å². The Hall–Kier alpha value is -2.63. The molecule has 2 aromatic carbocycles. The Balaban J connectivity index is 1.46. The standard InChI is InChI=1S/C30H36N4O3S3/c1-5-16-34(17-6-2)40(36,37)22-13-11-21(12-14-22)28(35)32-30-27(29-31-24-9-7-8-10-25(24)38-29)23-15-18-33(20(3)4)19-26(23)39-30/h7-14,20H,5-6,15-19H2,1-4H3,(H,32,35). The number of nitrogens with zero attached hydrogens (tertiary/aromatic N) is 3. The minimum Gasteiger partial charge on any atom is -0.313 e. The van der Waals surface area contributed by atoms with E-state index in [2.05, 4.69) is 30.1 Å². The highest BCUT2D eigenvalue weighted by molar-refractivity contribution is 7.89. The summed E-state index contributed by atoms with van der Waals surface area (Å²) < 4.78 is 29.0. The monoisotopic (exact) mass is 596 g/mol. The van der Waals surface area contributed by atoms with Crippen molar-refractivity contribution >= 4 is 53.8 Å². The van der Waals surface area contributed by atoms with Crippen LogP contribution in [0.2, 0.25) is 0 Å². The average Bonchev–Trinajstić information content (AvgIpc) is 3.53. The van der Waals surface area contributed by atoms with E-state index >= 15 is 0 Å². The van der Waals surface area contributed by atoms with Crippen molar-refractivity contribution in [1.29, 1.82) is 0 Å². The van der Waals surface area contributed by atoms with Gasteiger partial charge in [-0.2, -0.15) is 4.31 Å². The van der Waals surface area contributed by atoms with Crippen LogP contribution in [0.5, 0.6) is 0 Å². The smallest absolute Gasteiger partial charge is 0.256 e. The van der Waals surface area contributed by atoms with E-state index < -0.39 is 10.0 Å². The van der Waals surface area contributed by atoms with Crippen molar-refractivity contribution in [3.63, 3.8) is 0 Å². The molecule has 0 saturated carbocycles. The highest BCUT2D eigenvalue weighted by atomic mass is 32.2. The molecule has 0 spiro atoms. The first-order valence-electron chi connectivity index (χ1n) is 13.9. The maximum absolute atomic E-state index is 13.5. The maximum Gasteiger partial charge on any atom is 0.256 e. The van der Waals surface area contributed by atoms with Gasteiger partial charge in [-0.1, -0.05) is 26.0 Å². The fourth-order valence-electron chi connectivity index (χ4n) is 5.11. The number of hydrogen-bond donors (Lipinski definition) is 1. The van der Waals surface area contributed by atoms with Gasteiger partial charge >= 0.3 is 0 Å². The quantitative estimate of drug-likeness (QED) is 0.216. The van der Waals surface area contributed by atoms with Crippen molar-refractivity contribution in [2.75, 3.05) is 25.0 Å². The van der Waals surface area contributed by atoms with Gasteiger partial charge in [0.25, 0.3) is 5.91 Å². The Labute approximate surface area is 244 Å². The van der Waals surface area contributed by atoms with Gasteiger partial charge in [0.2, 0.25) is 10.0 Å². The number of thiophene rings is 1. The molecule has 7 nitrogen and oxygen atoms in total. The third-order valence-corrected chi connectivity index (χ3v) is 11.4. The SMILES string of the molecule is CCCN(CCC)S(=O)(=O)c1ccc(C(=O)Nc2sc3c(c2-c2nc4ccccc4s2)CCN(C(C)C)C3)cc1. The van der Waals surface area contributed by atoms with Gasteiger partial charge in [-0.05, 0) is 75.1 Å². The number of fused-ring (bicyclic) bond motifs is 2. The first-order chi connectivity index (χ1) is 19.2. The highest BCUT2D eigenvalue weighted by Crippen LogP contribution is 2.46. The molecule has 1 amide bonds. The number of anilines is 1. The highest BCUT2D eigenvalue weighted by Gasteiger charge is 2.29. The number of para-hydroxylation sites is 1. The summed E-state index contributed by atoms with van der Waals surface area (Å²) in [4.78, 5) is 22.3. The summed E-state index contributed by atoms with van der Waals surface area (Å²) in [5.74, 6) is -0.260. The topological polar surface area (TPSA) is 82.6 Å². The summed E-state index contributed by atoms with van der Waals surface area (Å²) in [6.07, 6.45) is 2.40. The van der Waals surface area contributed by atoms with Gasteiger partial charge in [-0.3, -0.25) is 9.69 Å². The van der Waals surface area contributed by atoms with Gasteiger partial charge in [0.05, 0.1) is 15.1 Å². The molecule has 10 heteroatoms. The second kappa shape index (κ2) is 12.1. The lowest BCUT2D eigenvalue weighted by molar-refractivity contribution is 0.102. The first-order valence-corrected chi connectivity index (χ1v) is 17.0. The number of nitrogens with one attached hydrogen (secondary N) is 1. The predicted octanol–water partition coefficient (Wildman–Crippen LogP) is 6.85. The number of amides is 1. The van der Waals surface area contributed by atoms with E-state index in [4.69, 9.17) is 4.98 Å². The van der Waals surface area contributed by atoms with Gasteiger partial charge in [-0.15, -0.1) is 22.7 Å². The number of carbonyl (C=O) groups is 1. The van der Waals surface area contributed by atoms with Crippen LogP contribution in [-0.2, 0) is 23.0 Å². The number of benzene rings is 2. The fourth-order valence-corrected chi connectivity index (χ4v) is 9.11. The molecule has 0 atom stereocenters. The van der Waals surface area contributed by atoms with Crippen molar-refractivity contribution in [3.8, 4) is 10.6 Å². The third kappa shape index (κ3) is 5.73. The van der Waals surface area contributed by atoms with Crippen LogP contribution in [0.4, 0.5) is 5.00 Å². The number of rotatable bonds is 10. The van der Waals surface area contributed by atoms with E-state index in [-0.39, 0.29) is 10.8 Å². The first kappa shape index (κ1) is 28.9. The molecule has 0 saturated heterocycles. The number of hydrogen-bond acceptors (Lipinski definition) is 7. The Bertz CT molecular complexity index is 1570. The molecule has 3 heterocycles. The maximum atomic E-state index is 13.5. The molecular formula is C30H36N4O3S3. The molecule has 212 valence electrons. The minimum absolute atomic E-state index is 0.210. The van der Waals surface area contributed by atoms with Crippen LogP contribution in [0.25, 0.3) is 20.8 Å². The van der Waals surface area contributed by atoms with Gasteiger partial charge in [-0.25, -0.2) is 13.4 Å². The molecule has 0 bridgehead atoms. The second-order valence-corrected chi connectivity index (χ2v) is 14.5. The molecule has 0 aliphatic carbocycles. The van der Waals surface area contributed by atoms with E-state index in [0.29, 0.717) is 24.7 Å². The zero-order valence-corrected chi connectivity index (χ0v) is 25.9. The Morgan fingerprint density at radius 1 is 1.05 bits per heavy atom. The van der Waals surface area contributed by atoms with Gasteiger partial charge in [0.1, 0.15) is 10.0 Å². The van der Waals surface area contributed by atoms with E-state index in [1.54, 1.807) is 34.8 Å². The lowest BCUT2D eigenvalue weighted by Gasteiger charge is -2.30. The molecule has 1 aliphatic rings. The van der Waals surface area contributed by atoms with E-state index in [9.17, 15) is 13.2 Å². The van der Waals surface area contributed by atoms with Gasteiger partial charge in [0, 0.05) is 48.2 Å². The molecule has 4 aromatic rings. The Morgan fingerprint density at radius 3 is 2.40 bits per heavy atom. The van der Waals surface area contributed by atoms with E-state index in [0.717, 1.165) is 58.1 Å². The van der Waals surface area contributed by atoms with Crippen LogP contribution in [0.3, 0.4) is 0 Å². The summed E-state index contributed by atoms with van der Waals surface area (Å²) in [6, 6.07) is 14.8. The summed E-state index contributed by atoms with van der Waals surface area (Å²) in [5.41, 5.74) is 3.66. The lowest BCUT2D eigenvalue weighted by Crippen LogP contribution is -2.35. The molecule has 1 N–H and O–H groups in total. The van der Waals surface area contributed by atoms with Gasteiger partial charge in [0.15, 0.2) is 0 Å². The number of sulfonamides is 1. The Kier molecular flexibility index (Phi) is 8.72. The summed E-state index contributed by atoms with van der Waals surface area (Å²) in [6.45, 7) is 11.1. The van der Waals surface area contributed by atoms with Crippen LogP contribution >= 0.6 is 22.7 Å². The molecule has 0 unspecified atom stereocenters.